The number of carbonyl (C=O) groups excluding carboxylic acids is 1. The van der Waals surface area contributed by atoms with Gasteiger partial charge in [-0.25, -0.2) is 0 Å². The molecule has 0 aliphatic heterocycles. The van der Waals surface area contributed by atoms with Crippen molar-refractivity contribution >= 4 is 11.6 Å². The van der Waals surface area contributed by atoms with Gasteiger partial charge < -0.3 is 24.3 Å². The van der Waals surface area contributed by atoms with Crippen LogP contribution in [0, 0.1) is 0 Å². The van der Waals surface area contributed by atoms with Crippen LogP contribution in [0.3, 0.4) is 0 Å². The van der Waals surface area contributed by atoms with Gasteiger partial charge in [0.25, 0.3) is 5.91 Å². The molecular weight excluding hydrogens is 442 g/mol. The highest BCUT2D eigenvalue weighted by Crippen LogP contribution is 2.25. The summed E-state index contributed by atoms with van der Waals surface area (Å²) in [4.78, 5) is 12.3. The van der Waals surface area contributed by atoms with Gasteiger partial charge in [-0.05, 0) is 85.3 Å². The molecule has 35 heavy (non-hydrogen) atoms. The maximum Gasteiger partial charge on any atom is 0.262 e. The van der Waals surface area contributed by atoms with Gasteiger partial charge >= 0.3 is 0 Å². The lowest BCUT2D eigenvalue weighted by molar-refractivity contribution is -0.118. The molecule has 0 spiro atoms. The molecular formula is C29H27NO5. The second-order valence-corrected chi connectivity index (χ2v) is 7.61. The molecule has 1 N–H and O–H groups in total. The first-order valence-electron chi connectivity index (χ1n) is 11.4. The molecule has 0 fully saturated rings. The molecule has 0 aliphatic carbocycles. The first-order valence-corrected chi connectivity index (χ1v) is 11.4. The van der Waals surface area contributed by atoms with Crippen molar-refractivity contribution in [2.75, 3.05) is 18.5 Å². The third kappa shape index (κ3) is 7.54. The quantitative estimate of drug-likeness (QED) is 0.273. The zero-order chi connectivity index (χ0) is 24.3. The lowest BCUT2D eigenvalue weighted by Gasteiger charge is -2.10. The largest absolute Gasteiger partial charge is 0.494 e. The number of hydrogen-bond acceptors (Lipinski definition) is 5. The molecule has 0 atom stereocenters. The SMILES string of the molecule is CCOc1ccc(Oc2ccc(NC(=O)COc3ccc(OCc4ccccc4)cc3)cc2)cc1. The minimum Gasteiger partial charge on any atom is -0.494 e. The summed E-state index contributed by atoms with van der Waals surface area (Å²) >= 11 is 0. The number of anilines is 1. The molecule has 178 valence electrons. The molecule has 0 radical (unpaired) electrons. The maximum atomic E-state index is 12.3. The first-order chi connectivity index (χ1) is 17.2. The molecule has 0 heterocycles. The molecule has 0 aromatic heterocycles. The maximum absolute atomic E-state index is 12.3. The first kappa shape index (κ1) is 23.7. The molecule has 0 bridgehead atoms. The molecule has 0 aliphatic rings. The highest BCUT2D eigenvalue weighted by atomic mass is 16.5. The number of carbonyl (C=O) groups is 1. The Morgan fingerprint density at radius 3 is 1.74 bits per heavy atom. The standard InChI is InChI=1S/C29H27NO5/c1-2-32-24-16-18-28(19-17-24)35-27-10-8-23(9-11-27)30-29(31)21-34-26-14-12-25(13-15-26)33-20-22-6-4-3-5-7-22/h3-19H,2,20-21H2,1H3,(H,30,31). The fourth-order valence-corrected chi connectivity index (χ4v) is 3.23. The summed E-state index contributed by atoms with van der Waals surface area (Å²) in [6.45, 7) is 2.95. The molecule has 6 heteroatoms. The van der Waals surface area contributed by atoms with Crippen LogP contribution in [-0.2, 0) is 11.4 Å². The normalized spacial score (nSPS) is 10.3. The fourth-order valence-electron chi connectivity index (χ4n) is 3.23. The third-order valence-electron chi connectivity index (χ3n) is 4.95. The lowest BCUT2D eigenvalue weighted by Crippen LogP contribution is -2.20. The molecule has 4 rings (SSSR count). The van der Waals surface area contributed by atoms with Crippen LogP contribution < -0.4 is 24.3 Å². The summed E-state index contributed by atoms with van der Waals surface area (Å²) in [5.41, 5.74) is 1.75. The Morgan fingerprint density at radius 1 is 0.629 bits per heavy atom. The van der Waals surface area contributed by atoms with E-state index in [1.807, 2.05) is 73.7 Å². The average molecular weight is 470 g/mol. The van der Waals surface area contributed by atoms with Gasteiger partial charge in [0.15, 0.2) is 6.61 Å². The Bertz CT molecular complexity index is 1190. The van der Waals surface area contributed by atoms with Crippen molar-refractivity contribution in [1.29, 1.82) is 0 Å². The van der Waals surface area contributed by atoms with E-state index in [1.165, 1.54) is 0 Å². The third-order valence-corrected chi connectivity index (χ3v) is 4.95. The van der Waals surface area contributed by atoms with E-state index in [9.17, 15) is 4.79 Å². The van der Waals surface area contributed by atoms with Crippen LogP contribution in [0.1, 0.15) is 12.5 Å². The van der Waals surface area contributed by atoms with Crippen LogP contribution in [-0.4, -0.2) is 19.1 Å². The van der Waals surface area contributed by atoms with E-state index in [2.05, 4.69) is 5.32 Å². The van der Waals surface area contributed by atoms with E-state index in [0.717, 1.165) is 17.1 Å². The summed E-state index contributed by atoms with van der Waals surface area (Å²) < 4.78 is 22.6. The Kier molecular flexibility index (Phi) is 8.22. The number of amides is 1. The fraction of sp³-hybridized carbons (Fsp3) is 0.138. The average Bonchev–Trinajstić information content (AvgIpc) is 2.90. The second kappa shape index (κ2) is 12.1. The van der Waals surface area contributed by atoms with Gasteiger partial charge in [0, 0.05) is 5.69 Å². The van der Waals surface area contributed by atoms with Crippen LogP contribution in [0.25, 0.3) is 0 Å². The van der Waals surface area contributed by atoms with E-state index in [0.29, 0.717) is 36.1 Å². The predicted octanol–water partition coefficient (Wildman–Crippen LogP) is 6.47. The Balaban J connectivity index is 1.20. The van der Waals surface area contributed by atoms with Crippen molar-refractivity contribution < 1.29 is 23.7 Å². The van der Waals surface area contributed by atoms with Crippen molar-refractivity contribution in [1.82, 2.24) is 0 Å². The van der Waals surface area contributed by atoms with Gasteiger partial charge in [0.2, 0.25) is 0 Å². The zero-order valence-corrected chi connectivity index (χ0v) is 19.5. The Morgan fingerprint density at radius 2 is 1.14 bits per heavy atom. The summed E-state index contributed by atoms with van der Waals surface area (Å²) in [6, 6.07) is 31.7. The summed E-state index contributed by atoms with van der Waals surface area (Å²) in [5.74, 6) is 3.24. The second-order valence-electron chi connectivity index (χ2n) is 7.61. The van der Waals surface area contributed by atoms with Crippen LogP contribution in [0.4, 0.5) is 5.69 Å². The minimum absolute atomic E-state index is 0.103. The molecule has 1 amide bonds. The minimum atomic E-state index is -0.255. The summed E-state index contributed by atoms with van der Waals surface area (Å²) in [7, 11) is 0. The molecule has 4 aromatic carbocycles. The molecule has 0 saturated carbocycles. The molecule has 4 aromatic rings. The monoisotopic (exact) mass is 469 g/mol. The van der Waals surface area contributed by atoms with Crippen molar-refractivity contribution in [3.05, 3.63) is 109 Å². The van der Waals surface area contributed by atoms with Gasteiger partial charge in [-0.3, -0.25) is 4.79 Å². The van der Waals surface area contributed by atoms with Crippen molar-refractivity contribution in [3.63, 3.8) is 0 Å². The van der Waals surface area contributed by atoms with Crippen molar-refractivity contribution in [2.45, 2.75) is 13.5 Å². The summed E-state index contributed by atoms with van der Waals surface area (Å²) in [5, 5.41) is 2.81. The van der Waals surface area contributed by atoms with E-state index >= 15 is 0 Å². The lowest BCUT2D eigenvalue weighted by atomic mass is 10.2. The molecule has 0 saturated heterocycles. The van der Waals surface area contributed by atoms with Gasteiger partial charge in [0.05, 0.1) is 6.61 Å². The van der Waals surface area contributed by atoms with Crippen LogP contribution in [0.5, 0.6) is 28.7 Å². The number of benzene rings is 4. The number of nitrogens with one attached hydrogen (secondary N) is 1. The Hall–Kier alpha value is -4.45. The van der Waals surface area contributed by atoms with Gasteiger partial charge in [-0.1, -0.05) is 30.3 Å². The highest BCUT2D eigenvalue weighted by Gasteiger charge is 2.06. The predicted molar refractivity (Wildman–Crippen MR) is 135 cm³/mol. The van der Waals surface area contributed by atoms with Gasteiger partial charge in [0.1, 0.15) is 35.4 Å². The van der Waals surface area contributed by atoms with Crippen LogP contribution >= 0.6 is 0 Å². The number of rotatable bonds is 11. The Labute approximate surface area is 205 Å². The smallest absolute Gasteiger partial charge is 0.262 e. The van der Waals surface area contributed by atoms with Crippen molar-refractivity contribution in [2.24, 2.45) is 0 Å². The van der Waals surface area contributed by atoms with Crippen LogP contribution in [0.15, 0.2) is 103 Å². The van der Waals surface area contributed by atoms with E-state index in [1.54, 1.807) is 36.4 Å². The molecule has 6 nitrogen and oxygen atoms in total. The van der Waals surface area contributed by atoms with E-state index in [4.69, 9.17) is 18.9 Å². The number of ether oxygens (including phenoxy) is 4. The van der Waals surface area contributed by atoms with Crippen molar-refractivity contribution in [3.8, 4) is 28.7 Å². The zero-order valence-electron chi connectivity index (χ0n) is 19.5. The number of hydrogen-bond donors (Lipinski definition) is 1. The summed E-state index contributed by atoms with van der Waals surface area (Å²) in [6.07, 6.45) is 0. The van der Waals surface area contributed by atoms with E-state index < -0.39 is 0 Å². The topological polar surface area (TPSA) is 66.0 Å². The molecule has 0 unspecified atom stereocenters. The van der Waals surface area contributed by atoms with Gasteiger partial charge in [-0.2, -0.15) is 0 Å². The van der Waals surface area contributed by atoms with Crippen LogP contribution in [0.2, 0.25) is 0 Å². The highest BCUT2D eigenvalue weighted by molar-refractivity contribution is 5.91. The van der Waals surface area contributed by atoms with E-state index in [-0.39, 0.29) is 12.5 Å². The van der Waals surface area contributed by atoms with Gasteiger partial charge in [-0.15, -0.1) is 0 Å².